The van der Waals surface area contributed by atoms with Crippen LogP contribution in [-0.4, -0.2) is 38.6 Å². The topological polar surface area (TPSA) is 112 Å². The molecule has 36 heavy (non-hydrogen) atoms. The first kappa shape index (κ1) is 25.3. The van der Waals surface area contributed by atoms with E-state index in [9.17, 15) is 29.7 Å². The Balaban J connectivity index is 2.15. The summed E-state index contributed by atoms with van der Waals surface area (Å²) in [5.74, 6) is -5.00. The number of carboxylic acids is 2. The molecule has 1 aliphatic carbocycles. The lowest BCUT2D eigenvalue weighted by atomic mass is 9.42. The highest BCUT2D eigenvalue weighted by molar-refractivity contribution is 6.08. The third-order valence-electron chi connectivity index (χ3n) is 7.69. The Hall–Kier alpha value is -3.77. The number of Topliss-reactive ketones (excluding diaryl/α,β-unsaturated/α-hetero) is 1. The van der Waals surface area contributed by atoms with Crippen molar-refractivity contribution in [3.63, 3.8) is 0 Å². The van der Waals surface area contributed by atoms with Gasteiger partial charge in [0.25, 0.3) is 0 Å². The van der Waals surface area contributed by atoms with Crippen LogP contribution < -0.4 is 0 Å². The zero-order chi connectivity index (χ0) is 26.1. The molecule has 0 radical (unpaired) electrons. The van der Waals surface area contributed by atoms with E-state index in [4.69, 9.17) is 0 Å². The molecule has 0 amide bonds. The predicted molar refractivity (Wildman–Crippen MR) is 135 cm³/mol. The monoisotopic (exact) mass is 486 g/mol. The van der Waals surface area contributed by atoms with E-state index in [-0.39, 0.29) is 12.8 Å². The number of aliphatic hydroxyl groups is 1. The lowest BCUT2D eigenvalue weighted by Crippen LogP contribution is -2.71. The van der Waals surface area contributed by atoms with Crippen LogP contribution in [0, 0.1) is 18.3 Å². The minimum absolute atomic E-state index is 0.0606. The molecular formula is C30H30O6. The molecule has 3 aromatic carbocycles. The SMILES string of the molecule is Cc1ccc(C2(Cc3ccccc3)C(C(=O)O)C(C)(O)CC(=O)C2(Cc2ccccc2)C(=O)O)cc1. The number of hydrogen-bond donors (Lipinski definition) is 3. The van der Waals surface area contributed by atoms with Crippen LogP contribution >= 0.6 is 0 Å². The number of carbonyl (C=O) groups excluding carboxylic acids is 1. The van der Waals surface area contributed by atoms with Crippen LogP contribution in [0.15, 0.2) is 84.9 Å². The summed E-state index contributed by atoms with van der Waals surface area (Å²) in [6.07, 6.45) is -0.844. The Bertz CT molecular complexity index is 1270. The standard InChI is InChI=1S/C30H30O6/c1-20-13-15-23(16-14-20)29(17-21-9-5-3-6-10-21)25(26(32)33)28(2,36)19-24(31)30(29,27(34)35)18-22-11-7-4-8-12-22/h3-16,25,36H,17-19H2,1-2H3,(H,32,33)(H,34,35). The molecular weight excluding hydrogens is 456 g/mol. The third kappa shape index (κ3) is 4.01. The minimum atomic E-state index is -2.15. The van der Waals surface area contributed by atoms with Crippen LogP contribution in [0.1, 0.15) is 35.6 Å². The van der Waals surface area contributed by atoms with E-state index in [0.717, 1.165) is 5.56 Å². The van der Waals surface area contributed by atoms with Gasteiger partial charge in [0.05, 0.1) is 11.5 Å². The van der Waals surface area contributed by atoms with Crippen molar-refractivity contribution in [2.45, 2.75) is 44.1 Å². The summed E-state index contributed by atoms with van der Waals surface area (Å²) >= 11 is 0. The van der Waals surface area contributed by atoms with E-state index >= 15 is 0 Å². The Morgan fingerprint density at radius 1 is 0.833 bits per heavy atom. The lowest BCUT2D eigenvalue weighted by molar-refractivity contribution is -0.190. The first-order valence-corrected chi connectivity index (χ1v) is 11.9. The first-order valence-electron chi connectivity index (χ1n) is 11.9. The van der Waals surface area contributed by atoms with Crippen molar-refractivity contribution >= 4 is 17.7 Å². The van der Waals surface area contributed by atoms with Crippen LogP contribution in [0.4, 0.5) is 0 Å². The Morgan fingerprint density at radius 2 is 1.33 bits per heavy atom. The van der Waals surface area contributed by atoms with Crippen LogP contribution in [0.2, 0.25) is 0 Å². The second kappa shape index (κ2) is 9.36. The van der Waals surface area contributed by atoms with Crippen molar-refractivity contribution in [2.75, 3.05) is 0 Å². The minimum Gasteiger partial charge on any atom is -0.481 e. The molecule has 1 aliphatic rings. The third-order valence-corrected chi connectivity index (χ3v) is 7.69. The Morgan fingerprint density at radius 3 is 1.81 bits per heavy atom. The van der Waals surface area contributed by atoms with Crippen molar-refractivity contribution < 1.29 is 29.7 Å². The number of carbonyl (C=O) groups is 3. The van der Waals surface area contributed by atoms with Gasteiger partial charge in [0.1, 0.15) is 5.41 Å². The number of aryl methyl sites for hydroxylation is 1. The lowest BCUT2D eigenvalue weighted by Gasteiger charge is -2.58. The van der Waals surface area contributed by atoms with Gasteiger partial charge >= 0.3 is 11.9 Å². The van der Waals surface area contributed by atoms with Crippen LogP contribution in [-0.2, 0) is 32.6 Å². The van der Waals surface area contributed by atoms with E-state index in [2.05, 4.69) is 0 Å². The molecule has 0 aliphatic heterocycles. The summed E-state index contributed by atoms with van der Waals surface area (Å²) in [4.78, 5) is 40.5. The molecule has 186 valence electrons. The van der Waals surface area contributed by atoms with Crippen LogP contribution in [0.25, 0.3) is 0 Å². The number of ketones is 1. The molecule has 0 spiro atoms. The van der Waals surface area contributed by atoms with Gasteiger partial charge in [0, 0.05) is 11.8 Å². The molecule has 6 nitrogen and oxygen atoms in total. The number of rotatable bonds is 7. The van der Waals surface area contributed by atoms with Gasteiger partial charge in [0.15, 0.2) is 5.78 Å². The molecule has 4 unspecified atom stereocenters. The largest absolute Gasteiger partial charge is 0.481 e. The van der Waals surface area contributed by atoms with Crippen molar-refractivity contribution in [2.24, 2.45) is 11.3 Å². The maximum absolute atomic E-state index is 14.1. The number of carboxylic acid groups (broad SMARTS) is 2. The highest BCUT2D eigenvalue weighted by atomic mass is 16.4. The van der Waals surface area contributed by atoms with Crippen LogP contribution in [0.3, 0.4) is 0 Å². The second-order valence-electron chi connectivity index (χ2n) is 10.1. The van der Waals surface area contributed by atoms with E-state index in [0.29, 0.717) is 16.7 Å². The summed E-state index contributed by atoms with van der Waals surface area (Å²) in [6.45, 7) is 3.20. The van der Waals surface area contributed by atoms with Gasteiger partial charge in [0.2, 0.25) is 0 Å². The average Bonchev–Trinajstić information content (AvgIpc) is 2.82. The molecule has 0 aromatic heterocycles. The normalized spacial score (nSPS) is 28.0. The van der Waals surface area contributed by atoms with E-state index in [1.165, 1.54) is 6.92 Å². The molecule has 1 fully saturated rings. The van der Waals surface area contributed by atoms with Crippen molar-refractivity contribution in [3.8, 4) is 0 Å². The number of benzene rings is 3. The molecule has 0 saturated heterocycles. The fourth-order valence-corrected chi connectivity index (χ4v) is 6.16. The summed E-state index contributed by atoms with van der Waals surface area (Å²) < 4.78 is 0. The maximum atomic E-state index is 14.1. The molecule has 3 aromatic rings. The molecule has 6 heteroatoms. The fraction of sp³-hybridized carbons (Fsp3) is 0.300. The smallest absolute Gasteiger partial charge is 0.318 e. The summed E-state index contributed by atoms with van der Waals surface area (Å²) in [5.41, 5.74) is -3.34. The van der Waals surface area contributed by atoms with Gasteiger partial charge in [-0.1, -0.05) is 90.5 Å². The second-order valence-corrected chi connectivity index (χ2v) is 10.1. The van der Waals surface area contributed by atoms with Gasteiger partial charge in [-0.25, -0.2) is 0 Å². The first-order chi connectivity index (χ1) is 17.0. The molecule has 4 rings (SSSR count). The van der Waals surface area contributed by atoms with E-state index < -0.39 is 46.5 Å². The maximum Gasteiger partial charge on any atom is 0.318 e. The highest BCUT2D eigenvalue weighted by Gasteiger charge is 2.73. The molecule has 3 N–H and O–H groups in total. The van der Waals surface area contributed by atoms with E-state index in [1.807, 2.05) is 13.0 Å². The zero-order valence-electron chi connectivity index (χ0n) is 20.3. The predicted octanol–water partition coefficient (Wildman–Crippen LogP) is 4.21. The van der Waals surface area contributed by atoms with Gasteiger partial charge in [-0.3, -0.25) is 14.4 Å². The average molecular weight is 487 g/mol. The number of aliphatic carboxylic acids is 2. The van der Waals surface area contributed by atoms with Gasteiger partial charge in [-0.05, 0) is 43.4 Å². The molecule has 1 saturated carbocycles. The Labute approximate surface area is 210 Å². The highest BCUT2D eigenvalue weighted by Crippen LogP contribution is 2.60. The molecule has 4 atom stereocenters. The van der Waals surface area contributed by atoms with Crippen molar-refractivity contribution in [1.29, 1.82) is 0 Å². The summed E-state index contributed by atoms with van der Waals surface area (Å²) in [5, 5.41) is 33.0. The molecule has 0 heterocycles. The summed E-state index contributed by atoms with van der Waals surface area (Å²) in [6, 6.07) is 24.7. The molecule has 0 bridgehead atoms. The quantitative estimate of drug-likeness (QED) is 0.431. The van der Waals surface area contributed by atoms with Crippen LogP contribution in [0.5, 0.6) is 0 Å². The zero-order valence-corrected chi connectivity index (χ0v) is 20.3. The van der Waals surface area contributed by atoms with Crippen molar-refractivity contribution in [1.82, 2.24) is 0 Å². The van der Waals surface area contributed by atoms with Gasteiger partial charge in [-0.2, -0.15) is 0 Å². The van der Waals surface area contributed by atoms with Gasteiger partial charge in [-0.15, -0.1) is 0 Å². The number of hydrogen-bond acceptors (Lipinski definition) is 4. The van der Waals surface area contributed by atoms with Crippen molar-refractivity contribution in [3.05, 3.63) is 107 Å². The van der Waals surface area contributed by atoms with Gasteiger partial charge < -0.3 is 15.3 Å². The van der Waals surface area contributed by atoms with E-state index in [1.54, 1.807) is 78.9 Å². The Kier molecular flexibility index (Phi) is 6.58. The summed E-state index contributed by atoms with van der Waals surface area (Å²) in [7, 11) is 0. The fourth-order valence-electron chi connectivity index (χ4n) is 6.16.